The van der Waals surface area contributed by atoms with Crippen molar-refractivity contribution in [3.05, 3.63) is 69.7 Å². The molecule has 2 aromatic carbocycles. The van der Waals surface area contributed by atoms with Crippen molar-refractivity contribution in [2.75, 3.05) is 0 Å². The molecule has 1 heterocycles. The first kappa shape index (κ1) is 15.3. The maximum Gasteiger partial charge on any atom is 0.184 e. The summed E-state index contributed by atoms with van der Waals surface area (Å²) < 4.78 is 29.5. The van der Waals surface area contributed by atoms with Crippen LogP contribution in [-0.2, 0) is 5.75 Å². The van der Waals surface area contributed by atoms with Crippen LogP contribution in [0.4, 0.5) is 8.78 Å². The van der Waals surface area contributed by atoms with Gasteiger partial charge in [0.1, 0.15) is 11.6 Å². The molecule has 0 aliphatic rings. The van der Waals surface area contributed by atoms with Crippen LogP contribution in [0.5, 0.6) is 0 Å². The molecule has 0 unspecified atom stereocenters. The molecule has 0 saturated carbocycles. The van der Waals surface area contributed by atoms with Gasteiger partial charge in [-0.1, -0.05) is 41.3 Å². The van der Waals surface area contributed by atoms with Gasteiger partial charge < -0.3 is 0 Å². The van der Waals surface area contributed by atoms with E-state index in [1.54, 1.807) is 35.0 Å². The molecule has 22 heavy (non-hydrogen) atoms. The highest BCUT2D eigenvalue weighted by atomic mass is 32.2. The van der Waals surface area contributed by atoms with Gasteiger partial charge in [-0.25, -0.2) is 13.5 Å². The van der Waals surface area contributed by atoms with Gasteiger partial charge in [0.25, 0.3) is 0 Å². The van der Waals surface area contributed by atoms with E-state index in [-0.39, 0.29) is 11.6 Å². The summed E-state index contributed by atoms with van der Waals surface area (Å²) >= 11 is 8.06. The van der Waals surface area contributed by atoms with Crippen molar-refractivity contribution in [2.45, 2.75) is 10.1 Å². The van der Waals surface area contributed by atoms with Crippen LogP contribution >= 0.6 is 35.3 Å². The lowest BCUT2D eigenvalue weighted by molar-refractivity contribution is 0.617. The van der Waals surface area contributed by atoms with Crippen molar-refractivity contribution < 1.29 is 8.78 Å². The van der Waals surface area contributed by atoms with E-state index >= 15 is 0 Å². The first-order valence-electron chi connectivity index (χ1n) is 6.36. The molecule has 2 nitrogen and oxygen atoms in total. The number of aromatic nitrogens is 2. The maximum absolute atomic E-state index is 13.6. The molecule has 0 spiro atoms. The Bertz CT molecular complexity index is 840. The highest BCUT2D eigenvalue weighted by Gasteiger charge is 2.08. The third kappa shape index (κ3) is 3.43. The van der Waals surface area contributed by atoms with E-state index in [1.165, 1.54) is 41.3 Å². The van der Waals surface area contributed by atoms with Crippen LogP contribution in [0.3, 0.4) is 0 Å². The van der Waals surface area contributed by atoms with Crippen LogP contribution < -0.4 is 0 Å². The standard InChI is InChI=1S/C15H10F2N2S3/c16-11-5-7-12(8-6-11)19-15(20)22-14(18-19)21-9-10-3-1-2-4-13(10)17/h1-8H,9H2. The second-order valence-electron chi connectivity index (χ2n) is 4.40. The van der Waals surface area contributed by atoms with Gasteiger partial charge in [0.05, 0.1) is 5.69 Å². The molecule has 7 heteroatoms. The van der Waals surface area contributed by atoms with Crippen molar-refractivity contribution in [2.24, 2.45) is 0 Å². The monoisotopic (exact) mass is 352 g/mol. The lowest BCUT2D eigenvalue weighted by Crippen LogP contribution is -1.96. The van der Waals surface area contributed by atoms with E-state index in [2.05, 4.69) is 5.10 Å². The van der Waals surface area contributed by atoms with Gasteiger partial charge >= 0.3 is 0 Å². The van der Waals surface area contributed by atoms with E-state index in [1.807, 2.05) is 0 Å². The van der Waals surface area contributed by atoms with Crippen LogP contribution in [0.1, 0.15) is 5.56 Å². The predicted octanol–water partition coefficient (Wildman–Crippen LogP) is 5.23. The molecule has 0 radical (unpaired) electrons. The van der Waals surface area contributed by atoms with E-state index in [0.29, 0.717) is 21.0 Å². The Labute approximate surface area is 139 Å². The van der Waals surface area contributed by atoms with Gasteiger partial charge in [-0.05, 0) is 48.1 Å². The average Bonchev–Trinajstić information content (AvgIpc) is 2.88. The zero-order valence-electron chi connectivity index (χ0n) is 11.2. The minimum absolute atomic E-state index is 0.225. The highest BCUT2D eigenvalue weighted by Crippen LogP contribution is 2.27. The number of hydrogen-bond donors (Lipinski definition) is 0. The largest absolute Gasteiger partial charge is 0.211 e. The van der Waals surface area contributed by atoms with Gasteiger partial charge in [-0.2, -0.15) is 0 Å². The summed E-state index contributed by atoms with van der Waals surface area (Å²) in [6, 6.07) is 12.6. The Kier molecular flexibility index (Phi) is 4.66. The molecule has 0 aliphatic carbocycles. The SMILES string of the molecule is Fc1ccc(-n2nc(SCc3ccccc3F)sc2=S)cc1. The Morgan fingerprint density at radius 1 is 1.09 bits per heavy atom. The highest BCUT2D eigenvalue weighted by molar-refractivity contribution is 8.00. The summed E-state index contributed by atoms with van der Waals surface area (Å²) in [5.74, 6) is -0.0468. The number of thioether (sulfide) groups is 1. The molecular formula is C15H10F2N2S3. The van der Waals surface area contributed by atoms with Gasteiger partial charge in [0, 0.05) is 5.75 Å². The minimum atomic E-state index is -0.306. The Hall–Kier alpha value is -1.57. The maximum atomic E-state index is 13.6. The Morgan fingerprint density at radius 3 is 2.55 bits per heavy atom. The number of benzene rings is 2. The van der Waals surface area contributed by atoms with Gasteiger partial charge in [0.2, 0.25) is 0 Å². The van der Waals surface area contributed by atoms with Crippen molar-refractivity contribution in [1.29, 1.82) is 0 Å². The summed E-state index contributed by atoms with van der Waals surface area (Å²) in [5.41, 5.74) is 1.34. The zero-order chi connectivity index (χ0) is 15.5. The quantitative estimate of drug-likeness (QED) is 0.473. The predicted molar refractivity (Wildman–Crippen MR) is 88.2 cm³/mol. The lowest BCUT2D eigenvalue weighted by atomic mass is 10.2. The molecule has 112 valence electrons. The summed E-state index contributed by atoms with van der Waals surface area (Å²) in [4.78, 5) is 0. The minimum Gasteiger partial charge on any atom is -0.211 e. The zero-order valence-corrected chi connectivity index (χ0v) is 13.7. The van der Waals surface area contributed by atoms with Crippen molar-refractivity contribution >= 4 is 35.3 Å². The van der Waals surface area contributed by atoms with Crippen molar-refractivity contribution in [3.8, 4) is 5.69 Å². The first-order chi connectivity index (χ1) is 10.6. The van der Waals surface area contributed by atoms with E-state index in [0.717, 1.165) is 4.34 Å². The van der Waals surface area contributed by atoms with Crippen molar-refractivity contribution in [1.82, 2.24) is 9.78 Å². The Morgan fingerprint density at radius 2 is 1.82 bits per heavy atom. The number of rotatable bonds is 4. The summed E-state index contributed by atoms with van der Waals surface area (Å²) in [7, 11) is 0. The van der Waals surface area contributed by atoms with Gasteiger partial charge in [-0.3, -0.25) is 0 Å². The van der Waals surface area contributed by atoms with Crippen LogP contribution in [0.15, 0.2) is 52.9 Å². The smallest absolute Gasteiger partial charge is 0.184 e. The molecule has 0 bridgehead atoms. The molecule has 0 amide bonds. The third-order valence-electron chi connectivity index (χ3n) is 2.91. The Balaban J connectivity index is 1.79. The van der Waals surface area contributed by atoms with E-state index in [9.17, 15) is 8.78 Å². The van der Waals surface area contributed by atoms with Crippen LogP contribution in [-0.4, -0.2) is 9.78 Å². The molecule has 3 aromatic rings. The molecule has 0 fully saturated rings. The van der Waals surface area contributed by atoms with Crippen molar-refractivity contribution in [3.63, 3.8) is 0 Å². The first-order valence-corrected chi connectivity index (χ1v) is 8.57. The van der Waals surface area contributed by atoms with Gasteiger partial charge in [-0.15, -0.1) is 5.10 Å². The number of halogens is 2. The summed E-state index contributed by atoms with van der Waals surface area (Å²) in [6.45, 7) is 0. The normalized spacial score (nSPS) is 10.8. The third-order valence-corrected chi connectivity index (χ3v) is 5.32. The van der Waals surface area contributed by atoms with E-state index in [4.69, 9.17) is 12.2 Å². The second kappa shape index (κ2) is 6.68. The second-order valence-corrected chi connectivity index (χ2v) is 7.25. The van der Waals surface area contributed by atoms with Crippen LogP contribution in [0.25, 0.3) is 5.69 Å². The fraction of sp³-hybridized carbons (Fsp3) is 0.0667. The molecule has 1 aromatic heterocycles. The lowest BCUT2D eigenvalue weighted by Gasteiger charge is -2.01. The molecule has 0 aliphatic heterocycles. The summed E-state index contributed by atoms with van der Waals surface area (Å²) in [6.07, 6.45) is 0. The number of nitrogens with zero attached hydrogens (tertiary/aromatic N) is 2. The molecule has 0 saturated heterocycles. The molecule has 0 N–H and O–H groups in total. The molecule has 0 atom stereocenters. The fourth-order valence-electron chi connectivity index (χ4n) is 1.82. The fourth-order valence-corrected chi connectivity index (χ4v) is 4.17. The summed E-state index contributed by atoms with van der Waals surface area (Å²) in [5, 5.41) is 4.40. The average molecular weight is 352 g/mol. The molecular weight excluding hydrogens is 342 g/mol. The van der Waals surface area contributed by atoms with Crippen LogP contribution in [0.2, 0.25) is 0 Å². The molecule has 3 rings (SSSR count). The van der Waals surface area contributed by atoms with Crippen LogP contribution in [0, 0.1) is 15.6 Å². The van der Waals surface area contributed by atoms with Gasteiger partial charge in [0.15, 0.2) is 8.29 Å². The topological polar surface area (TPSA) is 17.8 Å². The van der Waals surface area contributed by atoms with E-state index < -0.39 is 0 Å². The number of hydrogen-bond acceptors (Lipinski definition) is 4.